The average molecular weight is 507 g/mol. The Hall–Kier alpha value is -4.14. The number of methoxy groups -OCH3 is 2. The lowest BCUT2D eigenvalue weighted by Gasteiger charge is -2.40. The van der Waals surface area contributed by atoms with Crippen LogP contribution in [0.25, 0.3) is 0 Å². The van der Waals surface area contributed by atoms with Gasteiger partial charge in [-0.2, -0.15) is 0 Å². The van der Waals surface area contributed by atoms with E-state index in [-0.39, 0.29) is 29.9 Å². The van der Waals surface area contributed by atoms with Gasteiger partial charge in [-0.3, -0.25) is 19.7 Å². The molecule has 3 atom stereocenters. The molecule has 2 aromatic carbocycles. The second-order valence-electron chi connectivity index (χ2n) is 9.48. The summed E-state index contributed by atoms with van der Waals surface area (Å²) in [6, 6.07) is 11.6. The number of hydrogen-bond acceptors (Lipinski definition) is 8. The molecule has 9 nitrogen and oxygen atoms in total. The Balaban J connectivity index is 1.80. The highest BCUT2D eigenvalue weighted by molar-refractivity contribution is 6.01. The van der Waals surface area contributed by atoms with Gasteiger partial charge in [0, 0.05) is 41.4 Å². The van der Waals surface area contributed by atoms with E-state index >= 15 is 0 Å². The van der Waals surface area contributed by atoms with Crippen LogP contribution < -0.4 is 14.8 Å². The van der Waals surface area contributed by atoms with Gasteiger partial charge in [0.2, 0.25) is 0 Å². The maximum absolute atomic E-state index is 13.7. The van der Waals surface area contributed by atoms with Gasteiger partial charge in [0.15, 0.2) is 17.3 Å². The number of carbonyl (C=O) groups excluding carboxylic acids is 2. The molecule has 9 heteroatoms. The zero-order valence-corrected chi connectivity index (χ0v) is 21.3. The second kappa shape index (κ2) is 10.5. The number of nitrogens with zero attached hydrogens (tertiary/aromatic N) is 1. The van der Waals surface area contributed by atoms with Crippen LogP contribution >= 0.6 is 0 Å². The van der Waals surface area contributed by atoms with Crippen molar-refractivity contribution in [2.45, 2.75) is 44.6 Å². The van der Waals surface area contributed by atoms with E-state index in [1.807, 2.05) is 12.1 Å². The number of carbonyl (C=O) groups is 2. The van der Waals surface area contributed by atoms with E-state index in [0.29, 0.717) is 40.5 Å². The predicted octanol–water partition coefficient (Wildman–Crippen LogP) is 4.78. The smallest absolute Gasteiger partial charge is 0.316 e. The van der Waals surface area contributed by atoms with Gasteiger partial charge >= 0.3 is 5.97 Å². The number of nitro benzene ring substituents is 1. The second-order valence-corrected chi connectivity index (χ2v) is 9.48. The Bertz CT molecular complexity index is 1300. The van der Waals surface area contributed by atoms with Crippen LogP contribution in [0.15, 0.2) is 66.0 Å². The van der Waals surface area contributed by atoms with E-state index in [2.05, 4.69) is 11.9 Å². The minimum Gasteiger partial charge on any atom is -0.493 e. The topological polar surface area (TPSA) is 117 Å². The number of nitro groups is 1. The van der Waals surface area contributed by atoms with E-state index in [1.54, 1.807) is 46.3 Å². The molecule has 3 unspecified atom stereocenters. The largest absolute Gasteiger partial charge is 0.493 e. The monoisotopic (exact) mass is 506 g/mol. The van der Waals surface area contributed by atoms with Crippen LogP contribution in [0.4, 0.5) is 5.69 Å². The number of esters is 1. The van der Waals surface area contributed by atoms with Crippen LogP contribution in [0.3, 0.4) is 0 Å². The van der Waals surface area contributed by atoms with Crippen molar-refractivity contribution in [3.63, 3.8) is 0 Å². The average Bonchev–Trinajstić information content (AvgIpc) is 2.86. The summed E-state index contributed by atoms with van der Waals surface area (Å²) in [5.41, 5.74) is 2.78. The van der Waals surface area contributed by atoms with Crippen molar-refractivity contribution in [2.24, 2.45) is 5.92 Å². The van der Waals surface area contributed by atoms with E-state index in [4.69, 9.17) is 14.2 Å². The Labute approximate surface area is 215 Å². The van der Waals surface area contributed by atoms with Gasteiger partial charge in [-0.15, -0.1) is 0 Å². The van der Waals surface area contributed by atoms with Gasteiger partial charge in [-0.05, 0) is 49.4 Å². The van der Waals surface area contributed by atoms with Gasteiger partial charge in [0.05, 0.1) is 25.2 Å². The molecule has 0 spiro atoms. The normalized spacial score (nSPS) is 21.3. The zero-order chi connectivity index (χ0) is 26.9. The minimum atomic E-state index is -0.912. The van der Waals surface area contributed by atoms with Crippen molar-refractivity contribution in [1.29, 1.82) is 0 Å². The lowest BCUT2D eigenvalue weighted by molar-refractivity contribution is -0.384. The van der Waals surface area contributed by atoms with Gasteiger partial charge in [0.1, 0.15) is 5.92 Å². The highest BCUT2D eigenvalue weighted by Gasteiger charge is 2.46. The quantitative estimate of drug-likeness (QED) is 0.324. The summed E-state index contributed by atoms with van der Waals surface area (Å²) < 4.78 is 16.3. The number of benzene rings is 2. The molecule has 0 bridgehead atoms. The molecule has 0 amide bonds. The zero-order valence-electron chi connectivity index (χ0n) is 21.3. The van der Waals surface area contributed by atoms with Crippen molar-refractivity contribution in [2.75, 3.05) is 14.2 Å². The van der Waals surface area contributed by atoms with Crippen molar-refractivity contribution < 1.29 is 28.7 Å². The molecule has 194 valence electrons. The first-order chi connectivity index (χ1) is 17.6. The Morgan fingerprint density at radius 1 is 1.08 bits per heavy atom. The molecule has 0 aromatic heterocycles. The number of rotatable bonds is 7. The number of ether oxygens (including phenoxy) is 3. The first-order valence-corrected chi connectivity index (χ1v) is 12.0. The van der Waals surface area contributed by atoms with Crippen molar-refractivity contribution in [1.82, 2.24) is 5.32 Å². The molecule has 0 saturated carbocycles. The molecule has 2 aliphatic rings. The van der Waals surface area contributed by atoms with E-state index in [0.717, 1.165) is 5.56 Å². The summed E-state index contributed by atoms with van der Waals surface area (Å²) in [6.45, 7) is 7.57. The molecule has 1 heterocycles. The molecular formula is C28H30N2O7. The summed E-state index contributed by atoms with van der Waals surface area (Å²) in [6.07, 6.45) is 0.324. The van der Waals surface area contributed by atoms with Crippen LogP contribution in [-0.2, 0) is 14.3 Å². The summed E-state index contributed by atoms with van der Waals surface area (Å²) in [5, 5.41) is 14.7. The molecule has 0 fully saturated rings. The van der Waals surface area contributed by atoms with Crippen LogP contribution in [-0.4, -0.2) is 37.0 Å². The molecule has 1 N–H and O–H groups in total. The Morgan fingerprint density at radius 3 is 2.46 bits per heavy atom. The highest BCUT2D eigenvalue weighted by atomic mass is 16.6. The molecule has 1 aliphatic heterocycles. The highest BCUT2D eigenvalue weighted by Crippen LogP contribution is 2.48. The Kier molecular flexibility index (Phi) is 7.33. The SMILES string of the molecule is C=C1NC2=C(C(=O)CC(c3ccc(OC)c(OC)c3)C2)C(c2cccc([N+](=O)[O-])c2)C1C(=O)OC(C)C. The maximum Gasteiger partial charge on any atom is 0.316 e. The standard InChI is InChI=1S/C28H30N2O7/c1-15(2)37-28(32)25-16(3)29-21-12-19(17-9-10-23(35-4)24(14-17)36-5)13-22(31)27(21)26(25)18-7-6-8-20(11-18)30(33)34/h6-11,14-15,19,25-26,29H,3,12-13H2,1-2,4-5H3. The van der Waals surface area contributed by atoms with Crippen molar-refractivity contribution >= 4 is 17.4 Å². The van der Waals surface area contributed by atoms with Crippen LogP contribution in [0.5, 0.6) is 11.5 Å². The molecule has 0 radical (unpaired) electrons. The summed E-state index contributed by atoms with van der Waals surface area (Å²) >= 11 is 0. The summed E-state index contributed by atoms with van der Waals surface area (Å²) in [7, 11) is 3.12. The number of Topliss-reactive ketones (excluding diaryl/α,β-unsaturated/α-hetero) is 1. The molecule has 37 heavy (non-hydrogen) atoms. The third kappa shape index (κ3) is 5.07. The number of non-ortho nitro benzene ring substituents is 1. The number of hydrogen-bond donors (Lipinski definition) is 1. The number of allylic oxidation sites excluding steroid dienone is 2. The van der Waals surface area contributed by atoms with Crippen molar-refractivity contribution in [3.8, 4) is 11.5 Å². The van der Waals surface area contributed by atoms with E-state index < -0.39 is 22.7 Å². The van der Waals surface area contributed by atoms with Crippen LogP contribution in [0, 0.1) is 16.0 Å². The molecule has 4 rings (SSSR count). The van der Waals surface area contributed by atoms with Gasteiger partial charge in [-0.1, -0.05) is 24.8 Å². The van der Waals surface area contributed by atoms with Crippen molar-refractivity contribution in [3.05, 3.63) is 87.3 Å². The summed E-state index contributed by atoms with van der Waals surface area (Å²) in [5.74, 6) is -1.33. The molecule has 1 aliphatic carbocycles. The fraction of sp³-hybridized carbons (Fsp3) is 0.357. The summed E-state index contributed by atoms with van der Waals surface area (Å²) in [4.78, 5) is 37.9. The van der Waals surface area contributed by atoms with E-state index in [1.165, 1.54) is 12.1 Å². The lowest BCUT2D eigenvalue weighted by atomic mass is 9.69. The third-order valence-corrected chi connectivity index (χ3v) is 6.76. The van der Waals surface area contributed by atoms with Gasteiger partial charge in [-0.25, -0.2) is 0 Å². The Morgan fingerprint density at radius 2 is 1.81 bits per heavy atom. The molecule has 2 aromatic rings. The fourth-order valence-corrected chi connectivity index (χ4v) is 5.17. The molecular weight excluding hydrogens is 476 g/mol. The number of ketones is 1. The van der Waals surface area contributed by atoms with E-state index in [9.17, 15) is 19.7 Å². The predicted molar refractivity (Wildman–Crippen MR) is 136 cm³/mol. The molecule has 0 saturated heterocycles. The fourth-order valence-electron chi connectivity index (χ4n) is 5.17. The minimum absolute atomic E-state index is 0.119. The van der Waals surface area contributed by atoms with Crippen LogP contribution in [0.1, 0.15) is 49.7 Å². The van der Waals surface area contributed by atoms with Crippen LogP contribution in [0.2, 0.25) is 0 Å². The maximum atomic E-state index is 13.7. The first kappa shape index (κ1) is 25.9. The van der Waals surface area contributed by atoms with Gasteiger partial charge < -0.3 is 19.5 Å². The third-order valence-electron chi connectivity index (χ3n) is 6.76. The first-order valence-electron chi connectivity index (χ1n) is 12.0. The lowest BCUT2D eigenvalue weighted by Crippen LogP contribution is -2.42. The van der Waals surface area contributed by atoms with Gasteiger partial charge in [0.25, 0.3) is 5.69 Å². The number of nitrogens with one attached hydrogen (secondary N) is 1.